The molecule has 2 aliphatic rings. The average Bonchev–Trinajstić information content (AvgIpc) is 3.32. The van der Waals surface area contributed by atoms with E-state index in [2.05, 4.69) is 29.0 Å². The van der Waals surface area contributed by atoms with E-state index < -0.39 is 0 Å². The molecule has 1 saturated carbocycles. The van der Waals surface area contributed by atoms with Crippen LogP contribution in [0.3, 0.4) is 0 Å². The van der Waals surface area contributed by atoms with E-state index in [0.717, 1.165) is 38.9 Å². The maximum atomic E-state index is 12.6. The van der Waals surface area contributed by atoms with Gasteiger partial charge in [0, 0.05) is 37.6 Å². The third-order valence-corrected chi connectivity index (χ3v) is 4.78. The summed E-state index contributed by atoms with van der Waals surface area (Å²) in [5, 5.41) is 3.51. The van der Waals surface area contributed by atoms with Gasteiger partial charge in [-0.2, -0.15) is 0 Å². The van der Waals surface area contributed by atoms with Gasteiger partial charge in [0.15, 0.2) is 5.82 Å². The lowest BCUT2D eigenvalue weighted by atomic mass is 9.91. The van der Waals surface area contributed by atoms with Gasteiger partial charge >= 0.3 is 0 Å². The van der Waals surface area contributed by atoms with Crippen LogP contribution in [-0.4, -0.2) is 35.2 Å². The summed E-state index contributed by atoms with van der Waals surface area (Å²) in [7, 11) is 0. The van der Waals surface area contributed by atoms with Crippen molar-refractivity contribution < 1.29 is 0 Å². The molecule has 1 aromatic rings. The number of nitrogens with zero attached hydrogens (tertiary/aromatic N) is 3. The van der Waals surface area contributed by atoms with Crippen LogP contribution in [0, 0.1) is 5.92 Å². The second-order valence-electron chi connectivity index (χ2n) is 6.39. The van der Waals surface area contributed by atoms with Crippen molar-refractivity contribution in [1.29, 1.82) is 0 Å². The highest BCUT2D eigenvalue weighted by Gasteiger charge is 2.29. The Morgan fingerprint density at radius 1 is 1.43 bits per heavy atom. The van der Waals surface area contributed by atoms with E-state index in [4.69, 9.17) is 0 Å². The molecule has 0 amide bonds. The number of aromatic nitrogens is 2. The van der Waals surface area contributed by atoms with E-state index in [9.17, 15) is 4.79 Å². The Morgan fingerprint density at radius 3 is 2.95 bits per heavy atom. The summed E-state index contributed by atoms with van der Waals surface area (Å²) in [6.45, 7) is 7.27. The van der Waals surface area contributed by atoms with Crippen LogP contribution in [0.1, 0.15) is 45.6 Å². The van der Waals surface area contributed by atoms with Crippen LogP contribution in [0.5, 0.6) is 0 Å². The molecule has 5 heteroatoms. The van der Waals surface area contributed by atoms with Gasteiger partial charge in [-0.3, -0.25) is 4.79 Å². The predicted molar refractivity (Wildman–Crippen MR) is 84.8 cm³/mol. The molecule has 3 rings (SSSR count). The maximum Gasteiger partial charge on any atom is 0.293 e. The highest BCUT2D eigenvalue weighted by molar-refractivity contribution is 5.36. The van der Waals surface area contributed by atoms with Crippen molar-refractivity contribution in [1.82, 2.24) is 14.9 Å². The summed E-state index contributed by atoms with van der Waals surface area (Å²) in [6.07, 6.45) is 8.25. The number of hydrogen-bond donors (Lipinski definition) is 1. The molecule has 0 radical (unpaired) electrons. The molecular formula is C16H26N4O. The number of nitrogens with one attached hydrogen (secondary N) is 1. The molecule has 5 nitrogen and oxygen atoms in total. The summed E-state index contributed by atoms with van der Waals surface area (Å²) in [4.78, 5) is 19.2. The van der Waals surface area contributed by atoms with Gasteiger partial charge in [0.25, 0.3) is 5.56 Å². The van der Waals surface area contributed by atoms with Crippen molar-refractivity contribution in [2.75, 3.05) is 24.5 Å². The Labute approximate surface area is 126 Å². The van der Waals surface area contributed by atoms with Gasteiger partial charge in [0.05, 0.1) is 0 Å². The van der Waals surface area contributed by atoms with Crippen LogP contribution < -0.4 is 15.8 Å². The lowest BCUT2D eigenvalue weighted by molar-refractivity contribution is 0.323. The van der Waals surface area contributed by atoms with Crippen molar-refractivity contribution >= 4 is 5.82 Å². The zero-order valence-corrected chi connectivity index (χ0v) is 13.1. The van der Waals surface area contributed by atoms with E-state index >= 15 is 0 Å². The fraction of sp³-hybridized carbons (Fsp3) is 0.750. The molecule has 116 valence electrons. The van der Waals surface area contributed by atoms with Crippen molar-refractivity contribution in [3.8, 4) is 0 Å². The third kappa shape index (κ3) is 3.12. The lowest BCUT2D eigenvalue weighted by Gasteiger charge is -2.36. The molecule has 0 spiro atoms. The first kappa shape index (κ1) is 14.6. The first-order chi connectivity index (χ1) is 10.2. The number of anilines is 1. The largest absolute Gasteiger partial charge is 0.352 e. The molecule has 1 aliphatic heterocycles. The third-order valence-electron chi connectivity index (χ3n) is 4.78. The Kier molecular flexibility index (Phi) is 4.29. The standard InChI is InChI=1S/C16H26N4O/c1-3-17-12(2)13-5-4-9-19(11-13)15-16(21)20(10-8-18-15)14-6-7-14/h8,10,12-14,17H,3-7,9,11H2,1-2H3. The van der Waals surface area contributed by atoms with Crippen molar-refractivity contribution in [2.45, 2.75) is 51.6 Å². The summed E-state index contributed by atoms with van der Waals surface area (Å²) in [5.74, 6) is 1.24. The molecule has 2 unspecified atom stereocenters. The van der Waals surface area contributed by atoms with Crippen LogP contribution in [-0.2, 0) is 0 Å². The first-order valence-corrected chi connectivity index (χ1v) is 8.26. The minimum Gasteiger partial charge on any atom is -0.352 e. The average molecular weight is 290 g/mol. The van der Waals surface area contributed by atoms with Gasteiger partial charge < -0.3 is 14.8 Å². The number of rotatable bonds is 5. The SMILES string of the molecule is CCNC(C)C1CCCN(c2nccn(C3CC3)c2=O)C1. The van der Waals surface area contributed by atoms with Crippen LogP contribution >= 0.6 is 0 Å². The Hall–Kier alpha value is -1.36. The fourth-order valence-electron chi connectivity index (χ4n) is 3.37. The molecule has 2 fully saturated rings. The van der Waals surface area contributed by atoms with Crippen molar-refractivity contribution in [3.63, 3.8) is 0 Å². The second kappa shape index (κ2) is 6.18. The minimum absolute atomic E-state index is 0.0942. The zero-order chi connectivity index (χ0) is 14.8. The highest BCUT2D eigenvalue weighted by Crippen LogP contribution is 2.33. The van der Waals surface area contributed by atoms with Gasteiger partial charge in [0.1, 0.15) is 0 Å². The van der Waals surface area contributed by atoms with E-state index in [0.29, 0.717) is 23.8 Å². The van der Waals surface area contributed by atoms with Crippen LogP contribution in [0.2, 0.25) is 0 Å². The summed E-state index contributed by atoms with van der Waals surface area (Å²) < 4.78 is 1.87. The quantitative estimate of drug-likeness (QED) is 0.898. The van der Waals surface area contributed by atoms with Gasteiger partial charge in [-0.1, -0.05) is 6.92 Å². The maximum absolute atomic E-state index is 12.6. The van der Waals surface area contributed by atoms with Gasteiger partial charge in [-0.15, -0.1) is 0 Å². The minimum atomic E-state index is 0.0942. The first-order valence-electron chi connectivity index (χ1n) is 8.26. The summed E-state index contributed by atoms with van der Waals surface area (Å²) in [5.41, 5.74) is 0.0942. The molecule has 0 bridgehead atoms. The molecule has 2 atom stereocenters. The van der Waals surface area contributed by atoms with E-state index in [1.54, 1.807) is 6.20 Å². The molecule has 2 heterocycles. The summed E-state index contributed by atoms with van der Waals surface area (Å²) in [6, 6.07) is 0.910. The Morgan fingerprint density at radius 2 is 2.24 bits per heavy atom. The normalized spacial score (nSPS) is 24.1. The van der Waals surface area contributed by atoms with Gasteiger partial charge in [-0.05, 0) is 45.1 Å². The molecule has 1 N–H and O–H groups in total. The van der Waals surface area contributed by atoms with Crippen LogP contribution in [0.4, 0.5) is 5.82 Å². The van der Waals surface area contributed by atoms with E-state index in [1.807, 2.05) is 10.8 Å². The number of piperidine rings is 1. The monoisotopic (exact) mass is 290 g/mol. The van der Waals surface area contributed by atoms with Gasteiger partial charge in [0.2, 0.25) is 0 Å². The predicted octanol–water partition coefficient (Wildman–Crippen LogP) is 1.79. The highest BCUT2D eigenvalue weighted by atomic mass is 16.1. The van der Waals surface area contributed by atoms with Crippen molar-refractivity contribution in [2.24, 2.45) is 5.92 Å². The van der Waals surface area contributed by atoms with Crippen LogP contribution in [0.25, 0.3) is 0 Å². The zero-order valence-electron chi connectivity index (χ0n) is 13.1. The molecule has 1 aromatic heterocycles. The van der Waals surface area contributed by atoms with Crippen molar-refractivity contribution in [3.05, 3.63) is 22.7 Å². The molecule has 0 aromatic carbocycles. The molecule has 1 aliphatic carbocycles. The second-order valence-corrected chi connectivity index (χ2v) is 6.39. The molecule has 21 heavy (non-hydrogen) atoms. The lowest BCUT2D eigenvalue weighted by Crippen LogP contribution is -2.46. The fourth-order valence-corrected chi connectivity index (χ4v) is 3.37. The van der Waals surface area contributed by atoms with Gasteiger partial charge in [-0.25, -0.2) is 4.98 Å². The summed E-state index contributed by atoms with van der Waals surface area (Å²) >= 11 is 0. The Bertz CT molecular complexity index is 537. The Balaban J connectivity index is 1.77. The topological polar surface area (TPSA) is 50.2 Å². The molecule has 1 saturated heterocycles. The van der Waals surface area contributed by atoms with E-state index in [1.165, 1.54) is 6.42 Å². The van der Waals surface area contributed by atoms with E-state index in [-0.39, 0.29) is 5.56 Å². The molecular weight excluding hydrogens is 264 g/mol. The number of hydrogen-bond acceptors (Lipinski definition) is 4. The van der Waals surface area contributed by atoms with Crippen LogP contribution in [0.15, 0.2) is 17.2 Å². The smallest absolute Gasteiger partial charge is 0.293 e.